The molecular formula is C26H33N3O4S. The van der Waals surface area contributed by atoms with Crippen LogP contribution in [0.15, 0.2) is 52.4 Å². The van der Waals surface area contributed by atoms with Gasteiger partial charge < -0.3 is 19.5 Å². The summed E-state index contributed by atoms with van der Waals surface area (Å²) in [6, 6.07) is 13.5. The van der Waals surface area contributed by atoms with Crippen LogP contribution in [0, 0.1) is 0 Å². The summed E-state index contributed by atoms with van der Waals surface area (Å²) in [5.41, 5.74) is 2.15. The molecule has 182 valence electrons. The summed E-state index contributed by atoms with van der Waals surface area (Å²) >= 11 is 1.40. The van der Waals surface area contributed by atoms with E-state index in [1.807, 2.05) is 56.3 Å². The van der Waals surface area contributed by atoms with Gasteiger partial charge in [0.15, 0.2) is 11.5 Å². The minimum atomic E-state index is -0.551. The van der Waals surface area contributed by atoms with E-state index >= 15 is 0 Å². The number of hydrogen-bond acceptors (Lipinski definition) is 7. The Morgan fingerprint density at radius 3 is 2.44 bits per heavy atom. The Morgan fingerprint density at radius 1 is 1.03 bits per heavy atom. The lowest BCUT2D eigenvalue weighted by atomic mass is 10.1. The number of hydrogen-bond donors (Lipinski definition) is 1. The second-order valence-corrected chi connectivity index (χ2v) is 9.32. The summed E-state index contributed by atoms with van der Waals surface area (Å²) in [4.78, 5) is 22.0. The molecular weight excluding hydrogens is 450 g/mol. The van der Waals surface area contributed by atoms with Crippen molar-refractivity contribution in [2.24, 2.45) is 9.98 Å². The summed E-state index contributed by atoms with van der Waals surface area (Å²) in [6.07, 6.45) is 2.13. The summed E-state index contributed by atoms with van der Waals surface area (Å²) in [5, 5.41) is 3.72. The molecule has 34 heavy (non-hydrogen) atoms. The number of rotatable bonds is 11. The predicted molar refractivity (Wildman–Crippen MR) is 139 cm³/mol. The number of thioether (sulfide) groups is 1. The second kappa shape index (κ2) is 11.9. The lowest BCUT2D eigenvalue weighted by molar-refractivity contribution is -0.118. The molecule has 0 fully saturated rings. The molecule has 0 spiro atoms. The third kappa shape index (κ3) is 7.00. The number of carbonyl (C=O) groups is 1. The van der Waals surface area contributed by atoms with Crippen molar-refractivity contribution in [3.05, 3.63) is 53.6 Å². The first-order valence-corrected chi connectivity index (χ1v) is 12.4. The number of benzene rings is 2. The number of nitrogens with zero attached hydrogens (tertiary/aromatic N) is 2. The van der Waals surface area contributed by atoms with Crippen molar-refractivity contribution in [1.29, 1.82) is 0 Å². The van der Waals surface area contributed by atoms with Gasteiger partial charge in [0, 0.05) is 12.1 Å². The van der Waals surface area contributed by atoms with Crippen LogP contribution in [0.2, 0.25) is 0 Å². The number of nitrogens with one attached hydrogen (secondary N) is 1. The number of ether oxygens (including phenoxy) is 3. The maximum Gasteiger partial charge on any atom is 0.230 e. The highest BCUT2D eigenvalue weighted by molar-refractivity contribution is 8.16. The molecule has 8 heteroatoms. The fourth-order valence-electron chi connectivity index (χ4n) is 3.36. The van der Waals surface area contributed by atoms with Crippen molar-refractivity contribution >= 4 is 28.4 Å². The van der Waals surface area contributed by atoms with E-state index < -0.39 is 5.66 Å². The zero-order valence-electron chi connectivity index (χ0n) is 20.5. The predicted octanol–water partition coefficient (Wildman–Crippen LogP) is 4.87. The average Bonchev–Trinajstić information content (AvgIpc) is 3.16. The molecule has 0 bridgehead atoms. The van der Waals surface area contributed by atoms with Gasteiger partial charge >= 0.3 is 0 Å². The molecule has 2 aromatic rings. The molecule has 1 heterocycles. The van der Waals surface area contributed by atoms with Crippen LogP contribution in [-0.4, -0.2) is 48.9 Å². The number of carbonyl (C=O) groups excluding carboxylic acids is 1. The molecule has 1 aliphatic heterocycles. The molecule has 0 aliphatic carbocycles. The van der Waals surface area contributed by atoms with Gasteiger partial charge in [-0.1, -0.05) is 31.2 Å². The van der Waals surface area contributed by atoms with Crippen LogP contribution in [0.4, 0.5) is 0 Å². The summed E-state index contributed by atoms with van der Waals surface area (Å²) < 4.78 is 16.3. The van der Waals surface area contributed by atoms with Gasteiger partial charge in [-0.05, 0) is 62.2 Å². The quantitative estimate of drug-likeness (QED) is 0.461. The zero-order valence-corrected chi connectivity index (χ0v) is 21.3. The normalized spacial score (nSPS) is 14.3. The number of amides is 1. The Morgan fingerprint density at radius 2 is 1.76 bits per heavy atom. The van der Waals surface area contributed by atoms with E-state index in [1.165, 1.54) is 11.8 Å². The van der Waals surface area contributed by atoms with Crippen LogP contribution in [0.3, 0.4) is 0 Å². The SMILES string of the molecule is CCCCOc1ccc(C2=NC(C)(C)N=C2SCC(=O)NCc2ccc(OC)c(OC)c2)cc1. The fraction of sp³-hybridized carbons (Fsp3) is 0.423. The van der Waals surface area contributed by atoms with Crippen molar-refractivity contribution in [3.63, 3.8) is 0 Å². The Bertz CT molecular complexity index is 1050. The van der Waals surface area contributed by atoms with E-state index in [2.05, 4.69) is 12.2 Å². The van der Waals surface area contributed by atoms with Gasteiger partial charge in [0.2, 0.25) is 5.91 Å². The molecule has 0 unspecified atom stereocenters. The zero-order chi connectivity index (χ0) is 24.6. The highest BCUT2D eigenvalue weighted by atomic mass is 32.2. The molecule has 0 aromatic heterocycles. The van der Waals surface area contributed by atoms with E-state index in [4.69, 9.17) is 24.2 Å². The lowest BCUT2D eigenvalue weighted by Crippen LogP contribution is -2.25. The third-order valence-electron chi connectivity index (χ3n) is 5.14. The highest BCUT2D eigenvalue weighted by Crippen LogP contribution is 2.28. The Hall–Kier alpha value is -3.00. The molecule has 0 saturated heterocycles. The van der Waals surface area contributed by atoms with Crippen LogP contribution in [-0.2, 0) is 11.3 Å². The monoisotopic (exact) mass is 483 g/mol. The van der Waals surface area contributed by atoms with Crippen molar-refractivity contribution in [3.8, 4) is 17.2 Å². The minimum absolute atomic E-state index is 0.0776. The van der Waals surface area contributed by atoms with E-state index in [0.717, 1.165) is 40.5 Å². The second-order valence-electron chi connectivity index (χ2n) is 8.35. The molecule has 1 amide bonds. The Kier molecular flexibility index (Phi) is 8.98. The molecule has 2 aromatic carbocycles. The van der Waals surface area contributed by atoms with Gasteiger partial charge in [0.05, 0.1) is 32.3 Å². The van der Waals surface area contributed by atoms with Gasteiger partial charge in [-0.3, -0.25) is 9.79 Å². The van der Waals surface area contributed by atoms with E-state index in [1.54, 1.807) is 14.2 Å². The Balaban J connectivity index is 1.57. The topological polar surface area (TPSA) is 81.5 Å². The van der Waals surface area contributed by atoms with E-state index in [9.17, 15) is 4.79 Å². The number of methoxy groups -OCH3 is 2. The summed E-state index contributed by atoms with van der Waals surface area (Å²) in [6.45, 7) is 7.17. The molecule has 0 atom stereocenters. The molecule has 1 aliphatic rings. The summed E-state index contributed by atoms with van der Waals surface area (Å²) in [5.74, 6) is 2.30. The first-order chi connectivity index (χ1) is 16.3. The van der Waals surface area contributed by atoms with Crippen molar-refractivity contribution < 1.29 is 19.0 Å². The van der Waals surface area contributed by atoms with Gasteiger partial charge in [-0.2, -0.15) is 0 Å². The number of unbranched alkanes of at least 4 members (excludes halogenated alkanes) is 1. The number of aliphatic imine (C=N–C) groups is 2. The maximum absolute atomic E-state index is 12.5. The van der Waals surface area contributed by atoms with Crippen LogP contribution >= 0.6 is 11.8 Å². The molecule has 7 nitrogen and oxygen atoms in total. The third-order valence-corrected chi connectivity index (χ3v) is 6.10. The molecule has 0 saturated carbocycles. The van der Waals surface area contributed by atoms with Crippen molar-refractivity contribution in [2.75, 3.05) is 26.6 Å². The van der Waals surface area contributed by atoms with Crippen LogP contribution in [0.5, 0.6) is 17.2 Å². The smallest absolute Gasteiger partial charge is 0.230 e. The van der Waals surface area contributed by atoms with Gasteiger partial charge in [-0.15, -0.1) is 0 Å². The average molecular weight is 484 g/mol. The minimum Gasteiger partial charge on any atom is -0.494 e. The molecule has 1 N–H and O–H groups in total. The highest BCUT2D eigenvalue weighted by Gasteiger charge is 2.28. The lowest BCUT2D eigenvalue weighted by Gasteiger charge is -2.11. The first-order valence-electron chi connectivity index (χ1n) is 11.4. The van der Waals surface area contributed by atoms with Gasteiger partial charge in [0.1, 0.15) is 16.5 Å². The maximum atomic E-state index is 12.5. The van der Waals surface area contributed by atoms with Crippen LogP contribution in [0.25, 0.3) is 0 Å². The van der Waals surface area contributed by atoms with Crippen molar-refractivity contribution in [1.82, 2.24) is 5.32 Å². The van der Waals surface area contributed by atoms with Gasteiger partial charge in [-0.25, -0.2) is 4.99 Å². The largest absolute Gasteiger partial charge is 0.494 e. The molecule has 3 rings (SSSR count). The van der Waals surface area contributed by atoms with Gasteiger partial charge in [0.25, 0.3) is 0 Å². The summed E-state index contributed by atoms with van der Waals surface area (Å²) in [7, 11) is 3.18. The van der Waals surface area contributed by atoms with Crippen LogP contribution < -0.4 is 19.5 Å². The van der Waals surface area contributed by atoms with Crippen LogP contribution in [0.1, 0.15) is 44.7 Å². The van der Waals surface area contributed by atoms with E-state index in [-0.39, 0.29) is 11.7 Å². The van der Waals surface area contributed by atoms with Crippen molar-refractivity contribution in [2.45, 2.75) is 45.8 Å². The molecule has 0 radical (unpaired) electrons. The fourth-order valence-corrected chi connectivity index (χ4v) is 4.31. The first kappa shape index (κ1) is 25.6. The van der Waals surface area contributed by atoms with E-state index in [0.29, 0.717) is 24.7 Å². The Labute approximate surface area is 206 Å². The standard InChI is InChI=1S/C26H33N3O4S/c1-6-7-14-33-20-11-9-19(10-12-20)24-25(29-26(2,3)28-24)34-17-23(30)27-16-18-8-13-21(31-4)22(15-18)32-5/h8-13,15H,6-7,14,16-17H2,1-5H3,(H,27,30).